The maximum absolute atomic E-state index is 12.6. The average molecular weight is 352 g/mol. The summed E-state index contributed by atoms with van der Waals surface area (Å²) in [4.78, 5) is 37.8. The van der Waals surface area contributed by atoms with Gasteiger partial charge in [0.15, 0.2) is 0 Å². The highest BCUT2D eigenvalue weighted by atomic mass is 16.2. The molecule has 1 aromatic carbocycles. The number of fused-ring (bicyclic) bond motifs is 1. The fourth-order valence-corrected chi connectivity index (χ4v) is 3.27. The highest BCUT2D eigenvalue weighted by Gasteiger charge is 2.32. The Morgan fingerprint density at radius 2 is 2.15 bits per heavy atom. The van der Waals surface area contributed by atoms with Crippen molar-refractivity contribution in [1.29, 1.82) is 0 Å². The number of nitrogens with one attached hydrogen (secondary N) is 2. The monoisotopic (exact) mass is 352 g/mol. The van der Waals surface area contributed by atoms with Crippen molar-refractivity contribution in [2.45, 2.75) is 19.4 Å². The van der Waals surface area contributed by atoms with Gasteiger partial charge < -0.3 is 19.8 Å². The Morgan fingerprint density at radius 1 is 1.35 bits per heavy atom. The number of nitrogens with zero attached hydrogens (tertiary/aromatic N) is 4. The van der Waals surface area contributed by atoms with Crippen LogP contribution in [0.25, 0.3) is 11.0 Å². The van der Waals surface area contributed by atoms with Crippen LogP contribution in [0.4, 0.5) is 0 Å². The Kier molecular flexibility index (Phi) is 3.95. The van der Waals surface area contributed by atoms with E-state index in [1.807, 2.05) is 30.7 Å². The van der Waals surface area contributed by atoms with Gasteiger partial charge in [-0.15, -0.1) is 0 Å². The van der Waals surface area contributed by atoms with Crippen molar-refractivity contribution in [1.82, 2.24) is 29.7 Å². The molecular weight excluding hydrogens is 332 g/mol. The quantitative estimate of drug-likeness (QED) is 0.725. The van der Waals surface area contributed by atoms with Crippen LogP contribution in [0.5, 0.6) is 0 Å². The smallest absolute Gasteiger partial charge is 0.254 e. The van der Waals surface area contributed by atoms with Crippen LogP contribution in [0, 0.1) is 6.92 Å². The largest absolute Gasteiger partial charge is 0.349 e. The molecule has 4 rings (SSSR count). The predicted molar refractivity (Wildman–Crippen MR) is 95.6 cm³/mol. The molecule has 134 valence electrons. The lowest BCUT2D eigenvalue weighted by atomic mass is 10.0. The van der Waals surface area contributed by atoms with Gasteiger partial charge in [-0.3, -0.25) is 9.59 Å². The molecule has 0 atom stereocenters. The van der Waals surface area contributed by atoms with E-state index in [0.29, 0.717) is 18.7 Å². The van der Waals surface area contributed by atoms with Crippen LogP contribution in [0.3, 0.4) is 0 Å². The van der Waals surface area contributed by atoms with Crippen molar-refractivity contribution in [3.63, 3.8) is 0 Å². The molecule has 1 aliphatic heterocycles. The van der Waals surface area contributed by atoms with Gasteiger partial charge in [-0.25, -0.2) is 9.97 Å². The van der Waals surface area contributed by atoms with E-state index in [1.54, 1.807) is 23.8 Å². The lowest BCUT2D eigenvalue weighted by Gasteiger charge is -2.39. The van der Waals surface area contributed by atoms with E-state index in [-0.39, 0.29) is 24.3 Å². The molecule has 0 spiro atoms. The highest BCUT2D eigenvalue weighted by Crippen LogP contribution is 2.20. The van der Waals surface area contributed by atoms with Gasteiger partial charge in [-0.1, -0.05) is 0 Å². The second kappa shape index (κ2) is 6.29. The van der Waals surface area contributed by atoms with Gasteiger partial charge >= 0.3 is 0 Å². The Labute approximate surface area is 150 Å². The number of carbonyl (C=O) groups is 2. The van der Waals surface area contributed by atoms with Crippen molar-refractivity contribution < 1.29 is 9.59 Å². The first-order valence-corrected chi connectivity index (χ1v) is 8.49. The second-order valence-electron chi connectivity index (χ2n) is 6.74. The minimum Gasteiger partial charge on any atom is -0.349 e. The van der Waals surface area contributed by atoms with Gasteiger partial charge in [-0.05, 0) is 24.6 Å². The number of aryl methyl sites for hydroxylation is 2. The van der Waals surface area contributed by atoms with Crippen LogP contribution in [-0.2, 0) is 18.3 Å². The van der Waals surface area contributed by atoms with E-state index < -0.39 is 0 Å². The molecule has 26 heavy (non-hydrogen) atoms. The summed E-state index contributed by atoms with van der Waals surface area (Å²) in [5, 5.41) is 2.96. The summed E-state index contributed by atoms with van der Waals surface area (Å²) >= 11 is 0. The molecule has 3 heterocycles. The number of amides is 2. The zero-order valence-electron chi connectivity index (χ0n) is 14.7. The average Bonchev–Trinajstić information content (AvgIpc) is 3.19. The maximum atomic E-state index is 12.6. The summed E-state index contributed by atoms with van der Waals surface area (Å²) in [6.07, 6.45) is 5.27. The van der Waals surface area contributed by atoms with Crippen LogP contribution in [0.15, 0.2) is 31.0 Å². The van der Waals surface area contributed by atoms with Crippen LogP contribution in [0.1, 0.15) is 21.6 Å². The third-order valence-electron chi connectivity index (χ3n) is 4.75. The summed E-state index contributed by atoms with van der Waals surface area (Å²) in [5.41, 5.74) is 4.20. The van der Waals surface area contributed by atoms with E-state index in [1.165, 1.54) is 0 Å². The Bertz CT molecular complexity index is 983. The molecule has 0 radical (unpaired) electrons. The molecule has 2 N–H and O–H groups in total. The van der Waals surface area contributed by atoms with E-state index in [0.717, 1.165) is 22.3 Å². The predicted octanol–water partition coefficient (Wildman–Crippen LogP) is 0.788. The maximum Gasteiger partial charge on any atom is 0.254 e. The number of likely N-dealkylation sites (tertiary alicyclic amines) is 1. The van der Waals surface area contributed by atoms with Crippen LogP contribution in [-0.4, -0.2) is 55.4 Å². The summed E-state index contributed by atoms with van der Waals surface area (Å²) in [6, 6.07) is 3.68. The molecule has 1 saturated heterocycles. The summed E-state index contributed by atoms with van der Waals surface area (Å²) in [7, 11) is 1.86. The standard InChI is InChI=1S/C18H20N6O2/c1-11-3-12(4-15-17(11)21-9-20-15)18(26)24-7-13(8-24)22-16(25)5-14-6-19-10-23(14)2/h3-4,6,9-10,13H,5,7-8H2,1-2H3,(H,20,21)(H,22,25). The molecular formula is C18H20N6O2. The van der Waals surface area contributed by atoms with Gasteiger partial charge in [0.05, 0.1) is 36.2 Å². The number of rotatable bonds is 4. The summed E-state index contributed by atoms with van der Waals surface area (Å²) in [6.45, 7) is 2.99. The number of hydrogen-bond donors (Lipinski definition) is 2. The number of benzene rings is 1. The first kappa shape index (κ1) is 16.3. The van der Waals surface area contributed by atoms with Gasteiger partial charge in [0.1, 0.15) is 0 Å². The van der Waals surface area contributed by atoms with Crippen molar-refractivity contribution in [2.75, 3.05) is 13.1 Å². The van der Waals surface area contributed by atoms with Crippen LogP contribution >= 0.6 is 0 Å². The van der Waals surface area contributed by atoms with Gasteiger partial charge in [0.2, 0.25) is 5.91 Å². The molecule has 1 fully saturated rings. The number of imidazole rings is 2. The van der Waals surface area contributed by atoms with Crippen molar-refractivity contribution in [3.8, 4) is 0 Å². The molecule has 0 unspecified atom stereocenters. The van der Waals surface area contributed by atoms with Crippen LogP contribution in [0.2, 0.25) is 0 Å². The number of hydrogen-bond acceptors (Lipinski definition) is 4. The Morgan fingerprint density at radius 3 is 2.88 bits per heavy atom. The molecule has 8 nitrogen and oxygen atoms in total. The van der Waals surface area contributed by atoms with Gasteiger partial charge in [-0.2, -0.15) is 0 Å². The topological polar surface area (TPSA) is 95.9 Å². The number of aromatic amines is 1. The summed E-state index contributed by atoms with van der Waals surface area (Å²) < 4.78 is 1.82. The molecule has 2 aromatic heterocycles. The molecule has 2 amide bonds. The Balaban J connectivity index is 1.34. The van der Waals surface area contributed by atoms with Gasteiger partial charge in [0.25, 0.3) is 5.91 Å². The lowest BCUT2D eigenvalue weighted by molar-refractivity contribution is -0.122. The molecule has 8 heteroatoms. The molecule has 0 saturated carbocycles. The SMILES string of the molecule is Cc1cc(C(=O)N2CC(NC(=O)Cc3cncn3C)C2)cc2[nH]cnc12. The fraction of sp³-hybridized carbons (Fsp3) is 0.333. The van der Waals surface area contributed by atoms with E-state index in [9.17, 15) is 9.59 Å². The van der Waals surface area contributed by atoms with Crippen molar-refractivity contribution in [3.05, 3.63) is 47.8 Å². The van der Waals surface area contributed by atoms with E-state index in [2.05, 4.69) is 20.3 Å². The second-order valence-corrected chi connectivity index (χ2v) is 6.74. The third-order valence-corrected chi connectivity index (χ3v) is 4.75. The third kappa shape index (κ3) is 2.94. The molecule has 0 aliphatic carbocycles. The van der Waals surface area contributed by atoms with Crippen molar-refractivity contribution in [2.24, 2.45) is 7.05 Å². The van der Waals surface area contributed by atoms with Crippen LogP contribution < -0.4 is 5.32 Å². The van der Waals surface area contributed by atoms with Gasteiger partial charge in [0, 0.05) is 37.6 Å². The normalized spacial score (nSPS) is 14.5. The summed E-state index contributed by atoms with van der Waals surface area (Å²) in [5.74, 6) is -0.0813. The number of carbonyl (C=O) groups excluding carboxylic acids is 2. The number of aromatic nitrogens is 4. The molecule has 3 aromatic rings. The fourth-order valence-electron chi connectivity index (χ4n) is 3.27. The highest BCUT2D eigenvalue weighted by molar-refractivity contribution is 5.98. The zero-order valence-corrected chi connectivity index (χ0v) is 14.7. The Hall–Kier alpha value is -3.16. The lowest BCUT2D eigenvalue weighted by Crippen LogP contribution is -2.61. The first-order chi connectivity index (χ1) is 12.5. The minimum absolute atomic E-state index is 0.00309. The van der Waals surface area contributed by atoms with E-state index >= 15 is 0 Å². The molecule has 1 aliphatic rings. The van der Waals surface area contributed by atoms with Crippen molar-refractivity contribution >= 4 is 22.8 Å². The minimum atomic E-state index is -0.0552. The van der Waals surface area contributed by atoms with E-state index in [4.69, 9.17) is 0 Å². The first-order valence-electron chi connectivity index (χ1n) is 8.49. The molecule has 0 bridgehead atoms. The zero-order chi connectivity index (χ0) is 18.3. The number of H-pyrrole nitrogens is 1.